The normalized spacial score (nSPS) is 12.9. The Balaban J connectivity index is 3.08. The number of hydrogen-bond donors (Lipinski definition) is 1. The lowest BCUT2D eigenvalue weighted by atomic mass is 9.84. The second-order valence-corrected chi connectivity index (χ2v) is 4.21. The zero-order valence-electron chi connectivity index (χ0n) is 9.90. The molecule has 1 rings (SSSR count). The van der Waals surface area contributed by atoms with Crippen LogP contribution in [0.25, 0.3) is 0 Å². The van der Waals surface area contributed by atoms with E-state index >= 15 is 0 Å². The van der Waals surface area contributed by atoms with Crippen molar-refractivity contribution in [2.45, 2.75) is 26.9 Å². The molecule has 0 amide bonds. The van der Waals surface area contributed by atoms with Crippen LogP contribution < -0.4 is 4.74 Å². The van der Waals surface area contributed by atoms with E-state index in [4.69, 9.17) is 10.00 Å². The molecule has 3 heteroatoms. The van der Waals surface area contributed by atoms with Crippen LogP contribution in [0.5, 0.6) is 5.75 Å². The van der Waals surface area contributed by atoms with Gasteiger partial charge in [-0.05, 0) is 26.8 Å². The lowest BCUT2D eigenvalue weighted by Gasteiger charge is -2.24. The minimum absolute atomic E-state index is 0.538. The van der Waals surface area contributed by atoms with E-state index < -0.39 is 11.5 Å². The number of nitriles is 1. The lowest BCUT2D eigenvalue weighted by Crippen LogP contribution is -2.20. The number of rotatable bonds is 4. The molecule has 0 fully saturated rings. The number of ether oxygens (including phenoxy) is 1. The summed E-state index contributed by atoms with van der Waals surface area (Å²) in [5.41, 5.74) is -0.163. The quantitative estimate of drug-likeness (QED) is 0.847. The zero-order valence-corrected chi connectivity index (χ0v) is 9.90. The van der Waals surface area contributed by atoms with Gasteiger partial charge in [0.2, 0.25) is 0 Å². The summed E-state index contributed by atoms with van der Waals surface area (Å²) < 4.78 is 5.43. The van der Waals surface area contributed by atoms with Gasteiger partial charge < -0.3 is 9.84 Å². The van der Waals surface area contributed by atoms with Crippen molar-refractivity contribution in [3.05, 3.63) is 29.8 Å². The molecule has 0 spiro atoms. The van der Waals surface area contributed by atoms with Crippen molar-refractivity contribution >= 4 is 0 Å². The van der Waals surface area contributed by atoms with Crippen LogP contribution in [0.3, 0.4) is 0 Å². The fraction of sp³-hybridized carbons (Fsp3) is 0.462. The number of para-hydroxylation sites is 1. The van der Waals surface area contributed by atoms with E-state index in [0.29, 0.717) is 17.9 Å². The van der Waals surface area contributed by atoms with Crippen molar-refractivity contribution in [2.75, 3.05) is 6.61 Å². The van der Waals surface area contributed by atoms with Crippen molar-refractivity contribution in [3.8, 4) is 11.8 Å². The topological polar surface area (TPSA) is 53.2 Å². The molecule has 86 valence electrons. The van der Waals surface area contributed by atoms with Crippen molar-refractivity contribution in [1.29, 1.82) is 5.26 Å². The number of hydrogen-bond acceptors (Lipinski definition) is 3. The highest BCUT2D eigenvalue weighted by Crippen LogP contribution is 2.37. The van der Waals surface area contributed by atoms with Gasteiger partial charge in [0, 0.05) is 5.56 Å². The Bertz CT molecular complexity index is 393. The molecule has 0 aromatic heterocycles. The highest BCUT2D eigenvalue weighted by atomic mass is 16.5. The molecule has 0 aliphatic rings. The maximum atomic E-state index is 10.2. The van der Waals surface area contributed by atoms with E-state index in [9.17, 15) is 5.11 Å². The zero-order chi connectivity index (χ0) is 12.2. The summed E-state index contributed by atoms with van der Waals surface area (Å²) in [5.74, 6) is 0.640. The van der Waals surface area contributed by atoms with Crippen LogP contribution in [0.1, 0.15) is 32.4 Å². The Morgan fingerprint density at radius 2 is 2.06 bits per heavy atom. The van der Waals surface area contributed by atoms with Gasteiger partial charge in [-0.25, -0.2) is 0 Å². The summed E-state index contributed by atoms with van der Waals surface area (Å²) in [5, 5.41) is 19.1. The Labute approximate surface area is 96.3 Å². The summed E-state index contributed by atoms with van der Waals surface area (Å²) in [6, 6.07) is 9.37. The molecule has 3 nitrogen and oxygen atoms in total. The summed E-state index contributed by atoms with van der Waals surface area (Å²) in [4.78, 5) is 0. The third-order valence-corrected chi connectivity index (χ3v) is 2.49. The first-order valence-corrected chi connectivity index (χ1v) is 5.34. The Kier molecular flexibility index (Phi) is 3.92. The van der Waals surface area contributed by atoms with Gasteiger partial charge in [0.15, 0.2) is 0 Å². The van der Waals surface area contributed by atoms with Crippen LogP contribution in [-0.4, -0.2) is 11.7 Å². The smallest absolute Gasteiger partial charge is 0.125 e. The van der Waals surface area contributed by atoms with E-state index in [1.807, 2.05) is 19.1 Å². The first-order valence-electron chi connectivity index (χ1n) is 5.34. The van der Waals surface area contributed by atoms with Crippen LogP contribution in [0.2, 0.25) is 0 Å². The first kappa shape index (κ1) is 12.5. The van der Waals surface area contributed by atoms with E-state index in [0.717, 1.165) is 0 Å². The van der Waals surface area contributed by atoms with Crippen LogP contribution in [0.4, 0.5) is 0 Å². The highest BCUT2D eigenvalue weighted by Gasteiger charge is 2.30. The van der Waals surface area contributed by atoms with E-state index in [1.54, 1.807) is 26.0 Å². The van der Waals surface area contributed by atoms with Gasteiger partial charge >= 0.3 is 0 Å². The molecule has 0 saturated carbocycles. The Morgan fingerprint density at radius 3 is 2.62 bits per heavy atom. The molecule has 0 bridgehead atoms. The molecule has 1 atom stereocenters. The fourth-order valence-electron chi connectivity index (χ4n) is 1.44. The van der Waals surface area contributed by atoms with Crippen molar-refractivity contribution < 1.29 is 9.84 Å². The second kappa shape index (κ2) is 5.00. The Morgan fingerprint density at radius 1 is 1.44 bits per heavy atom. The predicted octanol–water partition coefficient (Wildman–Crippen LogP) is 2.67. The molecular formula is C13H17NO2. The number of nitrogens with zero attached hydrogens (tertiary/aromatic N) is 1. The van der Waals surface area contributed by atoms with E-state index in [2.05, 4.69) is 6.07 Å². The van der Waals surface area contributed by atoms with Gasteiger partial charge in [-0.15, -0.1) is 0 Å². The van der Waals surface area contributed by atoms with Crippen molar-refractivity contribution in [1.82, 2.24) is 0 Å². The molecule has 1 N–H and O–H groups in total. The predicted molar refractivity (Wildman–Crippen MR) is 62.0 cm³/mol. The van der Waals surface area contributed by atoms with Gasteiger partial charge in [0.25, 0.3) is 0 Å². The molecule has 0 radical (unpaired) electrons. The molecule has 1 aromatic rings. The number of aliphatic hydroxyl groups excluding tert-OH is 1. The summed E-state index contributed by atoms with van der Waals surface area (Å²) in [6.07, 6.45) is -0.847. The molecule has 16 heavy (non-hydrogen) atoms. The monoisotopic (exact) mass is 219 g/mol. The summed E-state index contributed by atoms with van der Waals surface area (Å²) in [6.45, 7) is 5.84. The standard InChI is InChI=1S/C13H17NO2/c1-4-16-11-8-6-5-7-10(11)12(15)13(2,3)9-14/h5-8,12,15H,4H2,1-3H3. The number of benzene rings is 1. The summed E-state index contributed by atoms with van der Waals surface area (Å²) in [7, 11) is 0. The first-order chi connectivity index (χ1) is 7.53. The molecule has 0 aliphatic heterocycles. The molecule has 0 saturated heterocycles. The maximum Gasteiger partial charge on any atom is 0.125 e. The van der Waals surface area contributed by atoms with Crippen LogP contribution in [0, 0.1) is 16.7 Å². The summed E-state index contributed by atoms with van der Waals surface area (Å²) >= 11 is 0. The third-order valence-electron chi connectivity index (χ3n) is 2.49. The third kappa shape index (κ3) is 2.53. The lowest BCUT2D eigenvalue weighted by molar-refractivity contribution is 0.0835. The van der Waals surface area contributed by atoms with Gasteiger partial charge in [0.05, 0.1) is 18.1 Å². The van der Waals surface area contributed by atoms with Crippen molar-refractivity contribution in [3.63, 3.8) is 0 Å². The van der Waals surface area contributed by atoms with E-state index in [1.165, 1.54) is 0 Å². The molecule has 0 aliphatic carbocycles. The average molecular weight is 219 g/mol. The fourth-order valence-corrected chi connectivity index (χ4v) is 1.44. The van der Waals surface area contributed by atoms with Crippen LogP contribution >= 0.6 is 0 Å². The highest BCUT2D eigenvalue weighted by molar-refractivity contribution is 5.36. The largest absolute Gasteiger partial charge is 0.493 e. The van der Waals surface area contributed by atoms with Crippen LogP contribution in [-0.2, 0) is 0 Å². The maximum absolute atomic E-state index is 10.2. The molecule has 1 aromatic carbocycles. The molecule has 1 unspecified atom stereocenters. The Hall–Kier alpha value is -1.53. The minimum Gasteiger partial charge on any atom is -0.493 e. The van der Waals surface area contributed by atoms with Crippen LogP contribution in [0.15, 0.2) is 24.3 Å². The van der Waals surface area contributed by atoms with Gasteiger partial charge in [-0.3, -0.25) is 0 Å². The molecule has 0 heterocycles. The average Bonchev–Trinajstić information content (AvgIpc) is 2.29. The minimum atomic E-state index is -0.847. The second-order valence-electron chi connectivity index (χ2n) is 4.21. The molecular weight excluding hydrogens is 202 g/mol. The van der Waals surface area contributed by atoms with Gasteiger partial charge in [-0.1, -0.05) is 18.2 Å². The van der Waals surface area contributed by atoms with Gasteiger partial charge in [0.1, 0.15) is 11.9 Å². The SMILES string of the molecule is CCOc1ccccc1C(O)C(C)(C)C#N. The van der Waals surface area contributed by atoms with E-state index in [-0.39, 0.29) is 0 Å². The van der Waals surface area contributed by atoms with Gasteiger partial charge in [-0.2, -0.15) is 5.26 Å². The van der Waals surface area contributed by atoms with Crippen molar-refractivity contribution in [2.24, 2.45) is 5.41 Å². The number of aliphatic hydroxyl groups is 1.